The van der Waals surface area contributed by atoms with Crippen molar-refractivity contribution in [1.29, 1.82) is 0 Å². The maximum atomic E-state index is 13.7. The van der Waals surface area contributed by atoms with Crippen molar-refractivity contribution in [3.63, 3.8) is 0 Å². The number of benzene rings is 1. The quantitative estimate of drug-likeness (QED) is 0.741. The predicted octanol–water partition coefficient (Wildman–Crippen LogP) is 1.78. The highest BCUT2D eigenvalue weighted by Gasteiger charge is 2.13. The van der Waals surface area contributed by atoms with Gasteiger partial charge in [-0.15, -0.1) is 0 Å². The minimum Gasteiger partial charge on any atom is -0.493 e. The number of hydrogen-bond acceptors (Lipinski definition) is 4. The first-order valence-corrected chi connectivity index (χ1v) is 5.98. The van der Waals surface area contributed by atoms with Crippen LogP contribution in [0.2, 0.25) is 0 Å². The fraction of sp³-hybridized carbons (Fsp3) is 0.462. The predicted molar refractivity (Wildman–Crippen MR) is 71.3 cm³/mol. The summed E-state index contributed by atoms with van der Waals surface area (Å²) in [6.07, 6.45) is 1.02. The Hall–Kier alpha value is -1.82. The molecule has 0 aliphatic rings. The Balaban J connectivity index is 2.75. The summed E-state index contributed by atoms with van der Waals surface area (Å²) in [6, 6.07) is 2.59. The zero-order valence-corrected chi connectivity index (χ0v) is 11.4. The van der Waals surface area contributed by atoms with Crippen LogP contribution in [0.5, 0.6) is 11.5 Å². The monoisotopic (exact) mass is 270 g/mol. The van der Waals surface area contributed by atoms with E-state index in [1.54, 1.807) is 0 Å². The van der Waals surface area contributed by atoms with Gasteiger partial charge in [0.05, 0.1) is 19.9 Å². The van der Waals surface area contributed by atoms with E-state index in [0.717, 1.165) is 6.54 Å². The van der Waals surface area contributed by atoms with E-state index >= 15 is 0 Å². The molecular formula is C13H19FN2O3. The smallest absolute Gasteiger partial charge is 0.224 e. The van der Waals surface area contributed by atoms with Crippen LogP contribution in [-0.2, 0) is 4.79 Å². The minimum absolute atomic E-state index is 0.0899. The molecule has 19 heavy (non-hydrogen) atoms. The summed E-state index contributed by atoms with van der Waals surface area (Å²) in [5, 5.41) is 5.46. The van der Waals surface area contributed by atoms with Gasteiger partial charge in [0.2, 0.25) is 5.91 Å². The third-order valence-corrected chi connectivity index (χ3v) is 2.58. The summed E-state index contributed by atoms with van der Waals surface area (Å²) in [5.41, 5.74) is 0.0899. The summed E-state index contributed by atoms with van der Waals surface area (Å²) >= 11 is 0. The molecule has 0 aliphatic heterocycles. The first kappa shape index (κ1) is 15.2. The Morgan fingerprint density at radius 2 is 1.89 bits per heavy atom. The van der Waals surface area contributed by atoms with Crippen LogP contribution in [0.15, 0.2) is 12.1 Å². The van der Waals surface area contributed by atoms with Gasteiger partial charge in [0.1, 0.15) is 0 Å². The molecule has 0 atom stereocenters. The molecule has 1 aromatic rings. The van der Waals surface area contributed by atoms with Gasteiger partial charge in [-0.25, -0.2) is 4.39 Å². The van der Waals surface area contributed by atoms with E-state index in [1.807, 2.05) is 7.05 Å². The highest BCUT2D eigenvalue weighted by Crippen LogP contribution is 2.32. The summed E-state index contributed by atoms with van der Waals surface area (Å²) in [5.74, 6) is -0.136. The highest BCUT2D eigenvalue weighted by molar-refractivity contribution is 5.91. The molecule has 106 valence electrons. The second-order valence-corrected chi connectivity index (χ2v) is 3.94. The molecule has 1 rings (SSSR count). The second-order valence-electron chi connectivity index (χ2n) is 3.94. The van der Waals surface area contributed by atoms with Crippen LogP contribution in [0, 0.1) is 5.82 Å². The van der Waals surface area contributed by atoms with Crippen LogP contribution in [0.4, 0.5) is 10.1 Å². The largest absolute Gasteiger partial charge is 0.493 e. The second kappa shape index (κ2) is 7.58. The van der Waals surface area contributed by atoms with Crippen molar-refractivity contribution >= 4 is 11.6 Å². The van der Waals surface area contributed by atoms with Crippen LogP contribution in [0.25, 0.3) is 0 Å². The van der Waals surface area contributed by atoms with E-state index in [9.17, 15) is 9.18 Å². The maximum absolute atomic E-state index is 13.7. The van der Waals surface area contributed by atoms with Gasteiger partial charge in [-0.1, -0.05) is 0 Å². The van der Waals surface area contributed by atoms with Crippen LogP contribution < -0.4 is 20.1 Å². The standard InChI is InChI=1S/C13H19FN2O3/c1-15-6-4-5-13(17)16-10-8-12(19-3)11(18-2)7-9(10)14/h7-8,15H,4-6H2,1-3H3,(H,16,17). The molecule has 5 nitrogen and oxygen atoms in total. The van der Waals surface area contributed by atoms with E-state index in [-0.39, 0.29) is 17.3 Å². The van der Waals surface area contributed by atoms with Crippen LogP contribution in [0.3, 0.4) is 0 Å². The molecule has 0 aromatic heterocycles. The van der Waals surface area contributed by atoms with Crippen LogP contribution in [-0.4, -0.2) is 33.7 Å². The average Bonchev–Trinajstić information content (AvgIpc) is 2.40. The molecule has 0 fully saturated rings. The van der Waals surface area contributed by atoms with Gasteiger partial charge in [0.25, 0.3) is 0 Å². The Morgan fingerprint density at radius 3 is 2.47 bits per heavy atom. The molecule has 2 N–H and O–H groups in total. The van der Waals surface area contributed by atoms with E-state index in [1.165, 1.54) is 26.4 Å². The van der Waals surface area contributed by atoms with E-state index < -0.39 is 5.82 Å². The lowest BCUT2D eigenvalue weighted by molar-refractivity contribution is -0.116. The minimum atomic E-state index is -0.556. The number of carbonyl (C=O) groups excluding carboxylic acids is 1. The zero-order valence-electron chi connectivity index (χ0n) is 11.4. The molecule has 1 aromatic carbocycles. The number of nitrogens with one attached hydrogen (secondary N) is 2. The molecular weight excluding hydrogens is 251 g/mol. The Morgan fingerprint density at radius 1 is 1.26 bits per heavy atom. The fourth-order valence-electron chi connectivity index (χ4n) is 1.59. The fourth-order valence-corrected chi connectivity index (χ4v) is 1.59. The van der Waals surface area contributed by atoms with Crippen LogP contribution >= 0.6 is 0 Å². The molecule has 0 radical (unpaired) electrons. The van der Waals surface area contributed by atoms with Crippen LogP contribution in [0.1, 0.15) is 12.8 Å². The van der Waals surface area contributed by atoms with Gasteiger partial charge in [-0.2, -0.15) is 0 Å². The van der Waals surface area contributed by atoms with Crippen molar-refractivity contribution in [2.24, 2.45) is 0 Å². The number of rotatable bonds is 7. The number of anilines is 1. The third kappa shape index (κ3) is 4.40. The SMILES string of the molecule is CNCCCC(=O)Nc1cc(OC)c(OC)cc1F. The third-order valence-electron chi connectivity index (χ3n) is 2.58. The lowest BCUT2D eigenvalue weighted by Crippen LogP contribution is -2.16. The normalized spacial score (nSPS) is 10.1. The number of carbonyl (C=O) groups is 1. The topological polar surface area (TPSA) is 59.6 Å². The van der Waals surface area contributed by atoms with Crippen molar-refractivity contribution in [1.82, 2.24) is 5.32 Å². The van der Waals surface area contributed by atoms with Gasteiger partial charge in [-0.05, 0) is 20.0 Å². The average molecular weight is 270 g/mol. The van der Waals surface area contributed by atoms with E-state index in [0.29, 0.717) is 18.6 Å². The number of methoxy groups -OCH3 is 2. The van der Waals surface area contributed by atoms with Gasteiger partial charge in [0, 0.05) is 18.6 Å². The van der Waals surface area contributed by atoms with Crippen molar-refractivity contribution < 1.29 is 18.7 Å². The van der Waals surface area contributed by atoms with Crippen molar-refractivity contribution in [3.8, 4) is 11.5 Å². The number of halogens is 1. The molecule has 0 unspecified atom stereocenters. The highest BCUT2D eigenvalue weighted by atomic mass is 19.1. The summed E-state index contributed by atoms with van der Waals surface area (Å²) in [7, 11) is 4.69. The van der Waals surface area contributed by atoms with Gasteiger partial charge < -0.3 is 20.1 Å². The number of ether oxygens (including phenoxy) is 2. The molecule has 1 amide bonds. The van der Waals surface area contributed by atoms with Gasteiger partial charge in [-0.3, -0.25) is 4.79 Å². The zero-order chi connectivity index (χ0) is 14.3. The van der Waals surface area contributed by atoms with Crippen molar-refractivity contribution in [2.75, 3.05) is 33.1 Å². The Kier molecular flexibility index (Phi) is 6.08. The summed E-state index contributed by atoms with van der Waals surface area (Å²) in [4.78, 5) is 11.6. The maximum Gasteiger partial charge on any atom is 0.224 e. The Bertz CT molecular complexity index is 438. The van der Waals surface area contributed by atoms with Crippen molar-refractivity contribution in [3.05, 3.63) is 17.9 Å². The number of hydrogen-bond donors (Lipinski definition) is 2. The molecule has 0 spiro atoms. The molecule has 6 heteroatoms. The molecule has 0 aliphatic carbocycles. The van der Waals surface area contributed by atoms with Gasteiger partial charge >= 0.3 is 0 Å². The van der Waals surface area contributed by atoms with Crippen molar-refractivity contribution in [2.45, 2.75) is 12.8 Å². The van der Waals surface area contributed by atoms with E-state index in [4.69, 9.17) is 9.47 Å². The molecule has 0 saturated carbocycles. The molecule has 0 heterocycles. The first-order chi connectivity index (χ1) is 9.12. The Labute approximate surface area is 112 Å². The molecule has 0 saturated heterocycles. The van der Waals surface area contributed by atoms with E-state index in [2.05, 4.69) is 10.6 Å². The number of amides is 1. The lowest BCUT2D eigenvalue weighted by atomic mass is 10.2. The molecule has 0 bridgehead atoms. The summed E-state index contributed by atoms with van der Waals surface area (Å²) < 4.78 is 23.8. The summed E-state index contributed by atoms with van der Waals surface area (Å²) in [6.45, 7) is 0.738. The first-order valence-electron chi connectivity index (χ1n) is 5.98. The lowest BCUT2D eigenvalue weighted by Gasteiger charge is -2.11. The van der Waals surface area contributed by atoms with Gasteiger partial charge in [0.15, 0.2) is 17.3 Å².